The molecule has 0 saturated carbocycles. The van der Waals surface area contributed by atoms with Gasteiger partial charge in [-0.15, -0.1) is 0 Å². The molecule has 2 N–H and O–H groups in total. The lowest BCUT2D eigenvalue weighted by molar-refractivity contribution is -0.157. The van der Waals surface area contributed by atoms with Crippen LogP contribution in [0.3, 0.4) is 0 Å². The standard InChI is InChI=1S/C67H114N8O14/c1-26-47-35-55(78)58(59(80)43(14)28-27-29-56(79)89-25)75(24)67(88)57(42(12)13)74(23)66(87)52(33-40(8)9)73(22)65(86)51(32-39(6)7)72(21)61(82)45(16)68-60(81)44(15)34-53(76)49(30-37(2)3)71(20)64(85)48(41(10)11)36-54(77)50(31-38(4)5)70(19)62(83)46(17)69(18)63(47)84/h27,29,37-45,47-52,57-59,80H,17,26,28,30-36H2,1-16,18-25H3,(H,68,81)/b29-27+/t43-,44+,45+,47+,48-,49-,50+,51-,52-,57-,58+,59-/m1/s1. The molecule has 0 aliphatic carbocycles. The number of nitrogens with zero attached hydrogens (tertiary/aromatic N) is 7. The Morgan fingerprint density at radius 3 is 1.43 bits per heavy atom. The van der Waals surface area contributed by atoms with Gasteiger partial charge in [0.15, 0.2) is 17.3 Å². The van der Waals surface area contributed by atoms with Gasteiger partial charge >= 0.3 is 5.97 Å². The molecule has 0 spiro atoms. The summed E-state index contributed by atoms with van der Waals surface area (Å²) in [7, 11) is 11.1. The van der Waals surface area contributed by atoms with Crippen LogP contribution in [-0.2, 0) is 62.3 Å². The summed E-state index contributed by atoms with van der Waals surface area (Å²) in [5, 5.41) is 15.0. The van der Waals surface area contributed by atoms with E-state index in [1.807, 2.05) is 55.4 Å². The van der Waals surface area contributed by atoms with Gasteiger partial charge in [0.1, 0.15) is 35.9 Å². The van der Waals surface area contributed by atoms with Crippen molar-refractivity contribution in [1.29, 1.82) is 0 Å². The van der Waals surface area contributed by atoms with Gasteiger partial charge in [-0.2, -0.15) is 0 Å². The maximum atomic E-state index is 15.3. The Labute approximate surface area is 532 Å². The van der Waals surface area contributed by atoms with E-state index in [1.165, 1.54) is 93.9 Å². The number of aliphatic hydroxyl groups is 1. The summed E-state index contributed by atoms with van der Waals surface area (Å²) in [6.45, 7) is 32.2. The van der Waals surface area contributed by atoms with Crippen molar-refractivity contribution in [3.63, 3.8) is 0 Å². The molecule has 1 heterocycles. The third kappa shape index (κ3) is 22.5. The topological polar surface area (TPSA) is 269 Å². The molecule has 89 heavy (non-hydrogen) atoms. The molecular weight excluding hydrogens is 1140 g/mol. The van der Waals surface area contributed by atoms with Crippen LogP contribution in [0.15, 0.2) is 24.4 Å². The van der Waals surface area contributed by atoms with E-state index < -0.39 is 161 Å². The number of esters is 1. The molecular formula is C67H114N8O14. The number of likely N-dealkylation sites (N-methyl/N-ethyl adjacent to an activating group) is 7. The zero-order valence-corrected chi connectivity index (χ0v) is 58.5. The minimum absolute atomic E-state index is 0.0382. The highest BCUT2D eigenvalue weighted by atomic mass is 16.5. The van der Waals surface area contributed by atoms with Crippen molar-refractivity contribution in [1.82, 2.24) is 39.6 Å². The van der Waals surface area contributed by atoms with Gasteiger partial charge < -0.3 is 49.5 Å². The SMILES string of the molecule is C=C1C(=O)N(C)[C@@H](CC(C)C)C(=O)C[C@H](C(C)C)C(=O)N(C)[C@H](CC(C)C)C(=O)C[C@H](C)C(=O)N[C@@H](C)C(=O)N(C)[C@H](CC(C)C)C(=O)N(C)[C@H](CC(C)C)C(=O)N(C)[C@H](C(C)C)C(=O)N(C)[C@H]([C@H](O)[C@H](C)C/C=C/C(=O)OC)C(=O)C[C@H](CC)C(=O)N1C. The van der Waals surface area contributed by atoms with E-state index in [-0.39, 0.29) is 80.7 Å². The summed E-state index contributed by atoms with van der Waals surface area (Å²) < 4.78 is 4.73. The summed E-state index contributed by atoms with van der Waals surface area (Å²) in [4.78, 5) is 182. The number of nitrogens with one attached hydrogen (secondary N) is 1. The summed E-state index contributed by atoms with van der Waals surface area (Å²) in [5.74, 6) is -12.9. The highest BCUT2D eigenvalue weighted by Gasteiger charge is 2.46. The molecule has 0 radical (unpaired) electrons. The molecule has 0 aromatic carbocycles. The number of Topliss-reactive ketones (excluding diaryl/α,β-unsaturated/α-hetero) is 3. The lowest BCUT2D eigenvalue weighted by atomic mass is 9.84. The van der Waals surface area contributed by atoms with Crippen LogP contribution in [-0.4, -0.2) is 215 Å². The molecule has 1 fully saturated rings. The number of ether oxygens (including phenoxy) is 1. The van der Waals surface area contributed by atoms with Gasteiger partial charge in [-0.3, -0.25) is 52.7 Å². The van der Waals surface area contributed by atoms with E-state index in [0.29, 0.717) is 0 Å². The predicted octanol–water partition coefficient (Wildman–Crippen LogP) is 6.21. The number of allylic oxidation sites excluding steroid dienone is 1. The number of ketones is 3. The number of carbonyl (C=O) groups is 12. The first kappa shape index (κ1) is 80.7. The number of hydrogen-bond acceptors (Lipinski definition) is 14. The first-order valence-corrected chi connectivity index (χ1v) is 31.9. The lowest BCUT2D eigenvalue weighted by Gasteiger charge is -2.41. The number of carbonyl (C=O) groups excluding carboxylic acids is 12. The maximum Gasteiger partial charge on any atom is 0.330 e. The summed E-state index contributed by atoms with van der Waals surface area (Å²) in [6.07, 6.45) is 0.603. The van der Waals surface area contributed by atoms with Crippen LogP contribution < -0.4 is 5.32 Å². The van der Waals surface area contributed by atoms with E-state index in [4.69, 9.17) is 4.74 Å². The Balaban J connectivity index is 4.42. The highest BCUT2D eigenvalue weighted by Crippen LogP contribution is 2.30. The summed E-state index contributed by atoms with van der Waals surface area (Å²) in [5.41, 5.74) is -0.324. The summed E-state index contributed by atoms with van der Waals surface area (Å²) >= 11 is 0. The second kappa shape index (κ2) is 36.5. The molecule has 1 aliphatic rings. The first-order valence-electron chi connectivity index (χ1n) is 31.9. The van der Waals surface area contributed by atoms with Crippen LogP contribution in [0.5, 0.6) is 0 Å². The van der Waals surface area contributed by atoms with Gasteiger partial charge in [-0.05, 0) is 86.9 Å². The van der Waals surface area contributed by atoms with Crippen LogP contribution in [0.2, 0.25) is 0 Å². The Morgan fingerprint density at radius 2 is 0.978 bits per heavy atom. The van der Waals surface area contributed by atoms with E-state index in [1.54, 1.807) is 48.5 Å². The number of hydrogen-bond donors (Lipinski definition) is 2. The third-order valence-corrected chi connectivity index (χ3v) is 17.4. The molecule has 12 atom stereocenters. The largest absolute Gasteiger partial charge is 0.466 e. The Hall–Kier alpha value is -6.32. The molecule has 1 aliphatic heterocycles. The van der Waals surface area contributed by atoms with Gasteiger partial charge in [-0.25, -0.2) is 4.79 Å². The van der Waals surface area contributed by atoms with E-state index in [2.05, 4.69) is 11.9 Å². The first-order chi connectivity index (χ1) is 41.0. The Bertz CT molecular complexity index is 2530. The van der Waals surface area contributed by atoms with Gasteiger partial charge in [0.2, 0.25) is 41.4 Å². The minimum Gasteiger partial charge on any atom is -0.466 e. The maximum absolute atomic E-state index is 15.3. The molecule has 1 rings (SSSR count). The average Bonchev–Trinajstić information content (AvgIpc) is 0.990. The third-order valence-electron chi connectivity index (χ3n) is 17.4. The molecule has 506 valence electrons. The van der Waals surface area contributed by atoms with Crippen LogP contribution in [0.1, 0.15) is 169 Å². The van der Waals surface area contributed by atoms with Crippen LogP contribution in [0.4, 0.5) is 0 Å². The number of methoxy groups -OCH3 is 1. The van der Waals surface area contributed by atoms with E-state index in [0.717, 1.165) is 15.9 Å². The van der Waals surface area contributed by atoms with Gasteiger partial charge in [0.25, 0.3) is 5.91 Å². The molecule has 0 bridgehead atoms. The second-order valence-corrected chi connectivity index (χ2v) is 27.4. The van der Waals surface area contributed by atoms with Crippen molar-refractivity contribution < 1.29 is 67.4 Å². The lowest BCUT2D eigenvalue weighted by Crippen LogP contribution is -2.61. The van der Waals surface area contributed by atoms with E-state index in [9.17, 15) is 43.5 Å². The molecule has 0 aromatic rings. The van der Waals surface area contributed by atoms with Crippen LogP contribution in [0, 0.1) is 59.2 Å². The quantitative estimate of drug-likeness (QED) is 0.129. The van der Waals surface area contributed by atoms with Gasteiger partial charge in [0.05, 0.1) is 25.3 Å². The van der Waals surface area contributed by atoms with Crippen molar-refractivity contribution in [2.45, 2.75) is 217 Å². The molecule has 22 nitrogen and oxygen atoms in total. The van der Waals surface area contributed by atoms with Crippen LogP contribution >= 0.6 is 0 Å². The Morgan fingerprint density at radius 1 is 0.551 bits per heavy atom. The molecule has 1 saturated heterocycles. The normalized spacial score (nSPS) is 26.4. The number of amides is 8. The molecule has 8 amide bonds. The smallest absolute Gasteiger partial charge is 0.330 e. The fraction of sp³-hybridized carbons (Fsp3) is 0.761. The molecule has 22 heteroatoms. The summed E-state index contributed by atoms with van der Waals surface area (Å²) in [6, 6.07) is -8.57. The second-order valence-electron chi connectivity index (χ2n) is 27.4. The van der Waals surface area contributed by atoms with Gasteiger partial charge in [0, 0.05) is 92.4 Å². The zero-order chi connectivity index (χ0) is 69.1. The van der Waals surface area contributed by atoms with Crippen molar-refractivity contribution in [3.8, 4) is 0 Å². The van der Waals surface area contributed by atoms with Crippen molar-refractivity contribution in [3.05, 3.63) is 24.4 Å². The monoisotopic (exact) mass is 1250 g/mol. The molecule has 0 aromatic heterocycles. The van der Waals surface area contributed by atoms with Crippen LogP contribution in [0.25, 0.3) is 0 Å². The predicted molar refractivity (Wildman–Crippen MR) is 343 cm³/mol. The number of rotatable bonds is 16. The van der Waals surface area contributed by atoms with E-state index >= 15 is 19.2 Å². The van der Waals surface area contributed by atoms with Crippen molar-refractivity contribution in [2.75, 3.05) is 56.4 Å². The fourth-order valence-electron chi connectivity index (χ4n) is 11.6. The van der Waals surface area contributed by atoms with Gasteiger partial charge in [-0.1, -0.05) is 117 Å². The van der Waals surface area contributed by atoms with Crippen molar-refractivity contribution >= 4 is 70.6 Å². The zero-order valence-electron chi connectivity index (χ0n) is 58.5. The van der Waals surface area contributed by atoms with Crippen molar-refractivity contribution in [2.24, 2.45) is 59.2 Å². The number of aliphatic hydroxyl groups excluding tert-OH is 1. The highest BCUT2D eigenvalue weighted by molar-refractivity contribution is 6.02. The Kier molecular flexibility index (Phi) is 33.1. The molecule has 0 unspecified atom stereocenters. The fourth-order valence-corrected chi connectivity index (χ4v) is 11.6. The average molecular weight is 1260 g/mol. The minimum atomic E-state index is -1.64.